The zero-order chi connectivity index (χ0) is 23.7. The monoisotopic (exact) mass is 506 g/mol. The van der Waals surface area contributed by atoms with Gasteiger partial charge in [-0.1, -0.05) is 35.3 Å². The second-order valence-electron chi connectivity index (χ2n) is 7.38. The number of hydrogen-bond acceptors (Lipinski definition) is 4. The number of nitrogens with one attached hydrogen (secondary N) is 3. The summed E-state index contributed by atoms with van der Waals surface area (Å²) < 4.78 is 5.67. The highest BCUT2D eigenvalue weighted by Gasteiger charge is 2.15. The molecule has 0 bridgehead atoms. The van der Waals surface area contributed by atoms with Crippen LogP contribution in [0.2, 0.25) is 10.0 Å². The molecule has 2 heterocycles. The van der Waals surface area contributed by atoms with Gasteiger partial charge in [-0.05, 0) is 78.9 Å². The van der Waals surface area contributed by atoms with Crippen LogP contribution in [0, 0.1) is 0 Å². The molecule has 2 aromatic heterocycles. The second-order valence-corrected chi connectivity index (χ2v) is 8.63. The molecule has 0 aliphatic heterocycles. The van der Waals surface area contributed by atoms with Crippen LogP contribution in [-0.4, -0.2) is 21.0 Å². The summed E-state index contributed by atoms with van der Waals surface area (Å²) in [5.41, 5.74) is 3.95. The van der Waals surface area contributed by atoms with Crippen molar-refractivity contribution in [2.75, 3.05) is 5.32 Å². The van der Waals surface area contributed by atoms with Gasteiger partial charge in [-0.3, -0.25) is 10.1 Å². The van der Waals surface area contributed by atoms with Crippen LogP contribution in [0.15, 0.2) is 83.3 Å². The standard InChI is InChI=1S/C25H16Cl2N4O2S/c26-16-8-5-14(6-9-16)21-11-12-22(33-21)24(32)31-25(34)30-20-13-15(7-10-17(20)27)23-28-18-3-1-2-4-19(18)29-23/h1-13H,(H,28,29)(H2,30,31,32,34). The lowest BCUT2D eigenvalue weighted by molar-refractivity contribution is 0.0951. The zero-order valence-corrected chi connectivity index (χ0v) is 19.8. The number of carbonyl (C=O) groups excluding carboxylic acids is 1. The first-order chi connectivity index (χ1) is 16.5. The number of hydrogen-bond donors (Lipinski definition) is 3. The number of carbonyl (C=O) groups is 1. The van der Waals surface area contributed by atoms with Gasteiger partial charge in [0.1, 0.15) is 11.6 Å². The smallest absolute Gasteiger partial charge is 0.293 e. The predicted octanol–water partition coefficient (Wildman–Crippen LogP) is 6.92. The first-order valence-electron chi connectivity index (χ1n) is 10.2. The molecule has 0 aliphatic carbocycles. The average molecular weight is 507 g/mol. The number of para-hydroxylation sites is 2. The molecular weight excluding hydrogens is 491 g/mol. The van der Waals surface area contributed by atoms with E-state index in [0.717, 1.165) is 22.2 Å². The van der Waals surface area contributed by atoms with Crippen LogP contribution in [0.4, 0.5) is 5.69 Å². The van der Waals surface area contributed by atoms with Crippen LogP contribution < -0.4 is 10.6 Å². The van der Waals surface area contributed by atoms with Gasteiger partial charge in [0.15, 0.2) is 10.9 Å². The van der Waals surface area contributed by atoms with Gasteiger partial charge < -0.3 is 14.7 Å². The number of halogens is 2. The molecule has 3 N–H and O–H groups in total. The minimum Gasteiger partial charge on any atom is -0.451 e. The van der Waals surface area contributed by atoms with Crippen molar-refractivity contribution in [2.24, 2.45) is 0 Å². The fourth-order valence-electron chi connectivity index (χ4n) is 3.41. The molecule has 0 saturated heterocycles. The average Bonchev–Trinajstić information content (AvgIpc) is 3.48. The molecule has 6 nitrogen and oxygen atoms in total. The van der Waals surface area contributed by atoms with Crippen molar-refractivity contribution < 1.29 is 9.21 Å². The van der Waals surface area contributed by atoms with Crippen LogP contribution in [0.5, 0.6) is 0 Å². The van der Waals surface area contributed by atoms with Crippen LogP contribution in [0.25, 0.3) is 33.7 Å². The van der Waals surface area contributed by atoms with Gasteiger partial charge in [0.2, 0.25) is 0 Å². The highest BCUT2D eigenvalue weighted by molar-refractivity contribution is 7.80. The molecule has 3 aromatic carbocycles. The van der Waals surface area contributed by atoms with E-state index in [4.69, 9.17) is 39.8 Å². The third-order valence-corrected chi connectivity index (χ3v) is 5.85. The molecule has 168 valence electrons. The third kappa shape index (κ3) is 4.68. The lowest BCUT2D eigenvalue weighted by Gasteiger charge is -2.11. The van der Waals surface area contributed by atoms with E-state index in [1.807, 2.05) is 48.5 Å². The quantitative estimate of drug-likeness (QED) is 0.230. The first kappa shape index (κ1) is 22.2. The Morgan fingerprint density at radius 3 is 2.50 bits per heavy atom. The van der Waals surface area contributed by atoms with E-state index < -0.39 is 5.91 Å². The molecule has 5 rings (SSSR count). The molecule has 5 aromatic rings. The summed E-state index contributed by atoms with van der Waals surface area (Å²) in [6.07, 6.45) is 0. The van der Waals surface area contributed by atoms with Crippen LogP contribution >= 0.6 is 35.4 Å². The second kappa shape index (κ2) is 9.30. The number of aromatic nitrogens is 2. The van der Waals surface area contributed by atoms with E-state index in [-0.39, 0.29) is 10.9 Å². The minimum absolute atomic E-state index is 0.0816. The summed E-state index contributed by atoms with van der Waals surface area (Å²) in [5, 5.41) is 6.72. The van der Waals surface area contributed by atoms with E-state index in [1.165, 1.54) is 0 Å². The van der Waals surface area contributed by atoms with Gasteiger partial charge in [0.25, 0.3) is 5.91 Å². The van der Waals surface area contributed by atoms with E-state index in [1.54, 1.807) is 30.3 Å². The summed E-state index contributed by atoms with van der Waals surface area (Å²) >= 11 is 17.6. The summed E-state index contributed by atoms with van der Waals surface area (Å²) in [4.78, 5) is 20.5. The minimum atomic E-state index is -0.484. The Morgan fingerprint density at radius 2 is 1.71 bits per heavy atom. The van der Waals surface area contributed by atoms with Crippen LogP contribution in [0.3, 0.4) is 0 Å². The summed E-state index contributed by atoms with van der Waals surface area (Å²) in [6, 6.07) is 23.6. The maximum absolute atomic E-state index is 12.6. The summed E-state index contributed by atoms with van der Waals surface area (Å²) in [7, 11) is 0. The van der Waals surface area contributed by atoms with Gasteiger partial charge in [0, 0.05) is 16.1 Å². The molecule has 0 fully saturated rings. The van der Waals surface area contributed by atoms with E-state index >= 15 is 0 Å². The lowest BCUT2D eigenvalue weighted by Crippen LogP contribution is -2.34. The van der Waals surface area contributed by atoms with Crippen molar-refractivity contribution in [1.29, 1.82) is 0 Å². The van der Waals surface area contributed by atoms with E-state index in [2.05, 4.69) is 20.6 Å². The number of fused-ring (bicyclic) bond motifs is 1. The molecule has 0 unspecified atom stereocenters. The van der Waals surface area contributed by atoms with Crippen molar-refractivity contribution in [3.8, 4) is 22.7 Å². The Balaban J connectivity index is 1.29. The Morgan fingerprint density at radius 1 is 0.941 bits per heavy atom. The number of nitrogens with zero attached hydrogens (tertiary/aromatic N) is 1. The Kier molecular flexibility index (Phi) is 6.06. The van der Waals surface area contributed by atoms with E-state index in [9.17, 15) is 4.79 Å². The number of anilines is 1. The van der Waals surface area contributed by atoms with Crippen molar-refractivity contribution in [3.63, 3.8) is 0 Å². The largest absolute Gasteiger partial charge is 0.451 e. The molecule has 0 aliphatic rings. The Hall–Kier alpha value is -3.65. The summed E-state index contributed by atoms with van der Waals surface area (Å²) in [6.45, 7) is 0. The fourth-order valence-corrected chi connectivity index (χ4v) is 3.90. The van der Waals surface area contributed by atoms with Gasteiger partial charge in [-0.25, -0.2) is 4.98 Å². The number of benzene rings is 3. The van der Waals surface area contributed by atoms with Crippen molar-refractivity contribution in [1.82, 2.24) is 15.3 Å². The number of thiocarbonyl (C=S) groups is 1. The molecule has 0 atom stereocenters. The number of furan rings is 1. The zero-order valence-electron chi connectivity index (χ0n) is 17.4. The molecule has 0 radical (unpaired) electrons. The van der Waals surface area contributed by atoms with Crippen LogP contribution in [0.1, 0.15) is 10.6 Å². The number of H-pyrrole nitrogens is 1. The van der Waals surface area contributed by atoms with Crippen LogP contribution in [-0.2, 0) is 0 Å². The number of amides is 1. The van der Waals surface area contributed by atoms with Gasteiger partial charge >= 0.3 is 0 Å². The fraction of sp³-hybridized carbons (Fsp3) is 0. The highest BCUT2D eigenvalue weighted by atomic mass is 35.5. The van der Waals surface area contributed by atoms with Gasteiger partial charge in [0.05, 0.1) is 21.7 Å². The number of imidazole rings is 1. The molecule has 0 spiro atoms. The highest BCUT2D eigenvalue weighted by Crippen LogP contribution is 2.29. The Labute approximate surface area is 209 Å². The van der Waals surface area contributed by atoms with Gasteiger partial charge in [-0.2, -0.15) is 0 Å². The molecule has 1 amide bonds. The van der Waals surface area contributed by atoms with E-state index in [0.29, 0.717) is 27.3 Å². The molecule has 0 saturated carbocycles. The molecular formula is C25H16Cl2N4O2S. The lowest BCUT2D eigenvalue weighted by atomic mass is 10.2. The topological polar surface area (TPSA) is 83.0 Å². The predicted molar refractivity (Wildman–Crippen MR) is 139 cm³/mol. The van der Waals surface area contributed by atoms with Crippen molar-refractivity contribution in [3.05, 3.63) is 94.7 Å². The number of aromatic amines is 1. The SMILES string of the molecule is O=C(NC(=S)Nc1cc(-c2nc3ccccc3[nH]2)ccc1Cl)c1ccc(-c2ccc(Cl)cc2)o1. The Bertz CT molecular complexity index is 1490. The van der Waals surface area contributed by atoms with Crippen molar-refractivity contribution in [2.45, 2.75) is 0 Å². The first-order valence-corrected chi connectivity index (χ1v) is 11.4. The maximum atomic E-state index is 12.6. The number of rotatable bonds is 4. The summed E-state index contributed by atoms with van der Waals surface area (Å²) in [5.74, 6) is 0.877. The third-order valence-electron chi connectivity index (χ3n) is 5.06. The maximum Gasteiger partial charge on any atom is 0.293 e. The van der Waals surface area contributed by atoms with Crippen molar-refractivity contribution >= 4 is 63.2 Å². The van der Waals surface area contributed by atoms with Gasteiger partial charge in [-0.15, -0.1) is 0 Å². The normalized spacial score (nSPS) is 10.9. The molecule has 34 heavy (non-hydrogen) atoms. The molecule has 9 heteroatoms.